The van der Waals surface area contributed by atoms with Gasteiger partial charge in [0.1, 0.15) is 0 Å². The fourth-order valence-corrected chi connectivity index (χ4v) is 2.92. The zero-order valence-corrected chi connectivity index (χ0v) is 13.7. The van der Waals surface area contributed by atoms with Crippen LogP contribution in [0.15, 0.2) is 18.2 Å². The van der Waals surface area contributed by atoms with Gasteiger partial charge in [-0.1, -0.05) is 32.3 Å². The lowest BCUT2D eigenvalue weighted by atomic mass is 9.95. The number of amides is 3. The van der Waals surface area contributed by atoms with Gasteiger partial charge in [0.05, 0.1) is 16.9 Å². The average molecular weight is 318 g/mol. The van der Waals surface area contributed by atoms with E-state index in [9.17, 15) is 9.59 Å². The van der Waals surface area contributed by atoms with E-state index < -0.39 is 6.03 Å². The summed E-state index contributed by atoms with van der Waals surface area (Å²) in [6, 6.07) is 4.95. The van der Waals surface area contributed by atoms with Crippen LogP contribution in [0, 0.1) is 0 Å². The average Bonchev–Trinajstić information content (AvgIpc) is 2.54. The second kappa shape index (κ2) is 8.41. The molecular formula is C17H26N4O2. The molecule has 1 aromatic carbocycles. The molecule has 0 aromatic heterocycles. The lowest BCUT2D eigenvalue weighted by molar-refractivity contribution is 0.0954. The van der Waals surface area contributed by atoms with Crippen molar-refractivity contribution in [2.45, 2.75) is 51.5 Å². The summed E-state index contributed by atoms with van der Waals surface area (Å²) in [5.41, 5.74) is 7.00. The maximum Gasteiger partial charge on any atom is 0.316 e. The number of benzene rings is 1. The number of hydrogen-bond donors (Lipinski definition) is 4. The lowest BCUT2D eigenvalue weighted by Gasteiger charge is -2.26. The highest BCUT2D eigenvalue weighted by atomic mass is 16.2. The summed E-state index contributed by atoms with van der Waals surface area (Å²) in [6.07, 6.45) is 6.63. The minimum Gasteiger partial charge on any atom is -0.380 e. The van der Waals surface area contributed by atoms with Gasteiger partial charge in [-0.05, 0) is 31.4 Å². The predicted octanol–water partition coefficient (Wildman–Crippen LogP) is 3.06. The zero-order valence-electron chi connectivity index (χ0n) is 13.7. The first-order valence-corrected chi connectivity index (χ1v) is 8.36. The third kappa shape index (κ3) is 4.87. The summed E-state index contributed by atoms with van der Waals surface area (Å²) in [5, 5.41) is 8.94. The van der Waals surface area contributed by atoms with Crippen LogP contribution in [0.25, 0.3) is 0 Å². The summed E-state index contributed by atoms with van der Waals surface area (Å²) in [6.45, 7) is 2.63. The molecule has 1 aliphatic carbocycles. The summed E-state index contributed by atoms with van der Waals surface area (Å²) >= 11 is 0. The van der Waals surface area contributed by atoms with E-state index in [4.69, 9.17) is 5.73 Å². The molecule has 6 nitrogen and oxygen atoms in total. The van der Waals surface area contributed by atoms with Gasteiger partial charge < -0.3 is 21.7 Å². The zero-order chi connectivity index (χ0) is 16.7. The molecule has 1 saturated carbocycles. The molecule has 0 aliphatic heterocycles. The number of rotatable bonds is 6. The van der Waals surface area contributed by atoms with Crippen LogP contribution in [0.5, 0.6) is 0 Å². The molecule has 1 fully saturated rings. The Kier molecular flexibility index (Phi) is 6.26. The fourth-order valence-electron chi connectivity index (χ4n) is 2.92. The Morgan fingerprint density at radius 3 is 2.61 bits per heavy atom. The molecule has 0 atom stereocenters. The quantitative estimate of drug-likeness (QED) is 0.649. The van der Waals surface area contributed by atoms with Gasteiger partial charge >= 0.3 is 6.03 Å². The van der Waals surface area contributed by atoms with Crippen LogP contribution >= 0.6 is 0 Å². The van der Waals surface area contributed by atoms with Gasteiger partial charge in [0.2, 0.25) is 0 Å². The van der Waals surface area contributed by atoms with Crippen molar-refractivity contribution in [2.24, 2.45) is 5.73 Å². The molecule has 0 unspecified atom stereocenters. The molecule has 2 rings (SSSR count). The number of nitrogens with two attached hydrogens (primary N) is 1. The number of para-hydroxylation sites is 1. The molecule has 0 bridgehead atoms. The van der Waals surface area contributed by atoms with Gasteiger partial charge in [0.25, 0.3) is 5.91 Å². The Morgan fingerprint density at radius 2 is 1.96 bits per heavy atom. The van der Waals surface area contributed by atoms with E-state index in [1.165, 1.54) is 19.3 Å². The Balaban J connectivity index is 2.27. The Labute approximate surface area is 137 Å². The van der Waals surface area contributed by atoms with Crippen LogP contribution in [0.4, 0.5) is 16.2 Å². The van der Waals surface area contributed by atoms with Crippen LogP contribution in [0.2, 0.25) is 0 Å². The van der Waals surface area contributed by atoms with Gasteiger partial charge in [-0.25, -0.2) is 4.79 Å². The number of carbonyl (C=O) groups excluding carboxylic acids is 2. The molecule has 0 saturated heterocycles. The summed E-state index contributed by atoms with van der Waals surface area (Å²) in [5.74, 6) is -0.140. The second-order valence-electron chi connectivity index (χ2n) is 5.95. The van der Waals surface area contributed by atoms with Gasteiger partial charge in [0.15, 0.2) is 0 Å². The topological polar surface area (TPSA) is 96.2 Å². The van der Waals surface area contributed by atoms with E-state index in [2.05, 4.69) is 16.0 Å². The third-order valence-corrected chi connectivity index (χ3v) is 4.06. The molecule has 3 amide bonds. The largest absolute Gasteiger partial charge is 0.380 e. The SMILES string of the molecule is CCCNC(=O)c1cccc(NC(N)=O)c1NC1CCCCC1. The third-order valence-electron chi connectivity index (χ3n) is 4.06. The monoisotopic (exact) mass is 318 g/mol. The molecule has 0 radical (unpaired) electrons. The van der Waals surface area contributed by atoms with Crippen molar-refractivity contribution >= 4 is 23.3 Å². The van der Waals surface area contributed by atoms with Crippen molar-refractivity contribution in [3.05, 3.63) is 23.8 Å². The normalized spacial score (nSPS) is 15.0. The molecule has 5 N–H and O–H groups in total. The Hall–Kier alpha value is -2.24. The van der Waals surface area contributed by atoms with Crippen molar-refractivity contribution in [3.8, 4) is 0 Å². The molecule has 126 valence electrons. The maximum atomic E-state index is 12.4. The second-order valence-corrected chi connectivity index (χ2v) is 5.95. The molecule has 1 aromatic rings. The van der Waals surface area contributed by atoms with Crippen molar-refractivity contribution in [1.82, 2.24) is 5.32 Å². The van der Waals surface area contributed by atoms with Gasteiger partial charge in [-0.15, -0.1) is 0 Å². The first kappa shape index (κ1) is 17.1. The highest BCUT2D eigenvalue weighted by Crippen LogP contribution is 2.30. The smallest absolute Gasteiger partial charge is 0.316 e. The number of carbonyl (C=O) groups is 2. The minimum absolute atomic E-state index is 0.140. The number of primary amides is 1. The van der Waals surface area contributed by atoms with Crippen LogP contribution < -0.4 is 21.7 Å². The Morgan fingerprint density at radius 1 is 1.22 bits per heavy atom. The first-order valence-electron chi connectivity index (χ1n) is 8.36. The number of urea groups is 1. The van der Waals surface area contributed by atoms with Crippen molar-refractivity contribution in [3.63, 3.8) is 0 Å². The molecular weight excluding hydrogens is 292 g/mol. The maximum absolute atomic E-state index is 12.4. The van der Waals surface area contributed by atoms with Gasteiger partial charge in [-0.3, -0.25) is 4.79 Å². The van der Waals surface area contributed by atoms with Crippen molar-refractivity contribution < 1.29 is 9.59 Å². The highest BCUT2D eigenvalue weighted by molar-refractivity contribution is 6.04. The number of nitrogens with one attached hydrogen (secondary N) is 3. The van der Waals surface area contributed by atoms with Crippen LogP contribution in [-0.2, 0) is 0 Å². The molecule has 1 aliphatic rings. The van der Waals surface area contributed by atoms with Crippen LogP contribution in [0.3, 0.4) is 0 Å². The molecule has 0 spiro atoms. The summed E-state index contributed by atoms with van der Waals surface area (Å²) in [7, 11) is 0. The molecule has 0 heterocycles. The molecule has 23 heavy (non-hydrogen) atoms. The van der Waals surface area contributed by atoms with Gasteiger partial charge in [0, 0.05) is 12.6 Å². The van der Waals surface area contributed by atoms with E-state index in [1.807, 2.05) is 6.92 Å². The predicted molar refractivity (Wildman–Crippen MR) is 92.8 cm³/mol. The van der Waals surface area contributed by atoms with Gasteiger partial charge in [-0.2, -0.15) is 0 Å². The summed E-state index contributed by atoms with van der Waals surface area (Å²) < 4.78 is 0. The highest BCUT2D eigenvalue weighted by Gasteiger charge is 2.20. The van der Waals surface area contributed by atoms with Crippen LogP contribution in [-0.4, -0.2) is 24.5 Å². The fraction of sp³-hybridized carbons (Fsp3) is 0.529. The van der Waals surface area contributed by atoms with E-state index >= 15 is 0 Å². The van der Waals surface area contributed by atoms with E-state index in [-0.39, 0.29) is 5.91 Å². The van der Waals surface area contributed by atoms with Crippen molar-refractivity contribution in [2.75, 3.05) is 17.2 Å². The number of anilines is 2. The lowest BCUT2D eigenvalue weighted by Crippen LogP contribution is -2.29. The van der Waals surface area contributed by atoms with E-state index in [1.54, 1.807) is 18.2 Å². The van der Waals surface area contributed by atoms with E-state index in [0.717, 1.165) is 19.3 Å². The number of hydrogen-bond acceptors (Lipinski definition) is 3. The molecule has 6 heteroatoms. The minimum atomic E-state index is -0.636. The first-order chi connectivity index (χ1) is 11.1. The van der Waals surface area contributed by atoms with Crippen molar-refractivity contribution in [1.29, 1.82) is 0 Å². The standard InChI is InChI=1S/C17H26N4O2/c1-2-11-19-16(22)13-9-6-10-14(21-17(18)23)15(13)20-12-7-4-3-5-8-12/h6,9-10,12,20H,2-5,7-8,11H2,1H3,(H,19,22)(H3,18,21,23). The van der Waals surface area contributed by atoms with Crippen LogP contribution in [0.1, 0.15) is 55.8 Å². The van der Waals surface area contributed by atoms with E-state index in [0.29, 0.717) is 29.5 Å². The summed E-state index contributed by atoms with van der Waals surface area (Å²) in [4.78, 5) is 23.7. The Bertz CT molecular complexity index is 554.